The topological polar surface area (TPSA) is 50.5 Å². The molecule has 2 saturated heterocycles. The van der Waals surface area contributed by atoms with Crippen molar-refractivity contribution in [3.8, 4) is 0 Å². The predicted octanol–water partition coefficient (Wildman–Crippen LogP) is 2.09. The molecule has 2 bridgehead atoms. The largest absolute Gasteiger partial charge is 0.384 e. The molecule has 0 spiro atoms. The van der Waals surface area contributed by atoms with Crippen molar-refractivity contribution in [2.24, 2.45) is 5.92 Å². The van der Waals surface area contributed by atoms with E-state index in [1.54, 1.807) is 7.11 Å². The first-order valence-electron chi connectivity index (χ1n) is 7.29. The highest BCUT2D eigenvalue weighted by Crippen LogP contribution is 2.49. The van der Waals surface area contributed by atoms with Crippen LogP contribution < -0.4 is 0 Å². The van der Waals surface area contributed by atoms with E-state index in [-0.39, 0.29) is 23.7 Å². The molecule has 0 radical (unpaired) electrons. The maximum absolute atomic E-state index is 6.76. The number of fused-ring (bicyclic) bond motifs is 2. The zero-order chi connectivity index (χ0) is 15.3. The molecule has 0 amide bonds. The Morgan fingerprint density at radius 1 is 1.43 bits per heavy atom. The molecule has 0 aromatic heterocycles. The summed E-state index contributed by atoms with van der Waals surface area (Å²) < 4.78 is 29.0. The van der Waals surface area contributed by atoms with Crippen molar-refractivity contribution in [3.63, 3.8) is 0 Å². The van der Waals surface area contributed by atoms with Crippen LogP contribution in [0.15, 0.2) is 0 Å². The van der Waals surface area contributed by atoms with E-state index in [4.69, 9.17) is 29.8 Å². The van der Waals surface area contributed by atoms with Gasteiger partial charge < -0.3 is 28.1 Å². The average molecular weight is 317 g/mol. The molecule has 21 heavy (non-hydrogen) atoms. The van der Waals surface area contributed by atoms with Crippen LogP contribution in [-0.2, 0) is 23.3 Å². The standard InChI is InChI=1S/C14H24NO5P/c1-5-14-11(8-16-3)9-17-12(10-18-14)13(14)20-21(4)19-7-6-15-2/h11-13H,5-10H2,1,3-4H3/t11-,12+,13+,14+,21?/m1/s1. The van der Waals surface area contributed by atoms with E-state index < -0.39 is 8.38 Å². The lowest BCUT2D eigenvalue weighted by Gasteiger charge is -2.44. The molecule has 2 heterocycles. The second-order valence-electron chi connectivity index (χ2n) is 5.32. The Hall–Kier alpha value is -0.280. The third-order valence-electron chi connectivity index (χ3n) is 4.20. The van der Waals surface area contributed by atoms with Gasteiger partial charge in [0.25, 0.3) is 0 Å². The Balaban J connectivity index is 2.01. The fourth-order valence-electron chi connectivity index (χ4n) is 3.13. The molecule has 1 unspecified atom stereocenters. The Morgan fingerprint density at radius 3 is 2.90 bits per heavy atom. The molecule has 0 aliphatic carbocycles. The van der Waals surface area contributed by atoms with Crippen LogP contribution >= 0.6 is 8.38 Å². The molecular weight excluding hydrogens is 293 g/mol. The lowest BCUT2D eigenvalue weighted by molar-refractivity contribution is -0.160. The van der Waals surface area contributed by atoms with E-state index >= 15 is 0 Å². The highest BCUT2D eigenvalue weighted by molar-refractivity contribution is 7.46. The third-order valence-corrected chi connectivity index (χ3v) is 5.27. The number of methoxy groups -OCH3 is 1. The minimum atomic E-state index is -1.04. The van der Waals surface area contributed by atoms with Crippen LogP contribution in [-0.4, -0.2) is 64.6 Å². The van der Waals surface area contributed by atoms with Crippen LogP contribution in [0, 0.1) is 12.5 Å². The van der Waals surface area contributed by atoms with E-state index in [0.29, 0.717) is 33.0 Å². The highest BCUT2D eigenvalue weighted by Gasteiger charge is 2.58. The Bertz CT molecular complexity index is 377. The molecule has 120 valence electrons. The summed E-state index contributed by atoms with van der Waals surface area (Å²) in [6.45, 7) is 13.4. The van der Waals surface area contributed by atoms with Gasteiger partial charge in [-0.15, -0.1) is 0 Å². The summed E-state index contributed by atoms with van der Waals surface area (Å²) in [4.78, 5) is 3.28. The number of nitrogens with zero attached hydrogens (tertiary/aromatic N) is 1. The predicted molar refractivity (Wildman–Crippen MR) is 79.2 cm³/mol. The number of rotatable bonds is 8. The molecular formula is C14H24NO5P. The number of ether oxygens (including phenoxy) is 3. The molecule has 2 aliphatic rings. The van der Waals surface area contributed by atoms with Crippen LogP contribution in [0.1, 0.15) is 13.3 Å². The van der Waals surface area contributed by atoms with E-state index in [0.717, 1.165) is 6.42 Å². The quantitative estimate of drug-likeness (QED) is 0.390. The SMILES string of the molecule is [C-]#[N+]CCOP(C)O[C@H]1[C@@H]2CO[C@@]1(CC)[C@H](COC)CO2. The van der Waals surface area contributed by atoms with Crippen LogP contribution in [0.3, 0.4) is 0 Å². The highest BCUT2D eigenvalue weighted by atomic mass is 31.2. The van der Waals surface area contributed by atoms with Gasteiger partial charge >= 0.3 is 0 Å². The van der Waals surface area contributed by atoms with Gasteiger partial charge in [-0.3, -0.25) is 0 Å². The first-order valence-corrected chi connectivity index (χ1v) is 8.91. The van der Waals surface area contributed by atoms with Gasteiger partial charge in [0.05, 0.1) is 19.8 Å². The Kier molecular flexibility index (Phi) is 6.36. The lowest BCUT2D eigenvalue weighted by atomic mass is 9.79. The molecule has 2 rings (SSSR count). The molecule has 7 heteroatoms. The summed E-state index contributed by atoms with van der Waals surface area (Å²) in [5, 5.41) is 0. The van der Waals surface area contributed by atoms with Crippen LogP contribution in [0.2, 0.25) is 0 Å². The first kappa shape index (κ1) is 17.1. The number of hydrogen-bond acceptors (Lipinski definition) is 5. The normalized spacial score (nSPS) is 36.4. The van der Waals surface area contributed by atoms with Crippen molar-refractivity contribution < 1.29 is 23.3 Å². The molecule has 0 N–H and O–H groups in total. The molecule has 6 nitrogen and oxygen atoms in total. The van der Waals surface area contributed by atoms with E-state index in [1.165, 1.54) is 0 Å². The van der Waals surface area contributed by atoms with E-state index in [2.05, 4.69) is 11.8 Å². The van der Waals surface area contributed by atoms with Crippen LogP contribution in [0.5, 0.6) is 0 Å². The second kappa shape index (κ2) is 7.82. The molecule has 2 aliphatic heterocycles. The molecule has 0 aromatic carbocycles. The lowest BCUT2D eigenvalue weighted by Crippen LogP contribution is -2.56. The monoisotopic (exact) mass is 317 g/mol. The molecule has 5 atom stereocenters. The molecule has 0 saturated carbocycles. The fraction of sp³-hybridized carbons (Fsp3) is 0.929. The Morgan fingerprint density at radius 2 is 2.24 bits per heavy atom. The summed E-state index contributed by atoms with van der Waals surface area (Å²) in [5.41, 5.74) is -0.349. The van der Waals surface area contributed by atoms with Gasteiger partial charge in [-0.05, 0) is 6.42 Å². The van der Waals surface area contributed by atoms with Gasteiger partial charge in [-0.2, -0.15) is 0 Å². The van der Waals surface area contributed by atoms with Gasteiger partial charge in [-0.1, -0.05) is 6.92 Å². The average Bonchev–Trinajstić information content (AvgIpc) is 2.71. The minimum Gasteiger partial charge on any atom is -0.384 e. The van der Waals surface area contributed by atoms with E-state index in [9.17, 15) is 0 Å². The maximum atomic E-state index is 6.76. The van der Waals surface area contributed by atoms with Crippen LogP contribution in [0.4, 0.5) is 0 Å². The van der Waals surface area contributed by atoms with Gasteiger partial charge in [0, 0.05) is 19.7 Å². The summed E-state index contributed by atoms with van der Waals surface area (Å²) >= 11 is 0. The first-order chi connectivity index (χ1) is 10.2. The second-order valence-corrected chi connectivity index (χ2v) is 6.67. The summed E-state index contributed by atoms with van der Waals surface area (Å²) in [6, 6.07) is 0. The third kappa shape index (κ3) is 3.56. The van der Waals surface area contributed by atoms with E-state index in [1.807, 2.05) is 6.66 Å². The maximum Gasteiger partial charge on any atom is 0.238 e. The van der Waals surface area contributed by atoms with Gasteiger partial charge in [-0.25, -0.2) is 6.57 Å². The van der Waals surface area contributed by atoms with Crippen molar-refractivity contribution >= 4 is 8.38 Å². The Labute approximate surface area is 127 Å². The smallest absolute Gasteiger partial charge is 0.238 e. The van der Waals surface area contributed by atoms with Crippen molar-refractivity contribution in [3.05, 3.63) is 11.4 Å². The minimum absolute atomic E-state index is 0.0348. The zero-order valence-corrected chi connectivity index (χ0v) is 13.8. The summed E-state index contributed by atoms with van der Waals surface area (Å²) in [5.74, 6) is 0.169. The van der Waals surface area contributed by atoms with Gasteiger partial charge in [0.1, 0.15) is 24.4 Å². The summed E-state index contributed by atoms with van der Waals surface area (Å²) in [6.07, 6.45) is 0.699. The fourth-order valence-corrected chi connectivity index (χ4v) is 4.17. The summed E-state index contributed by atoms with van der Waals surface area (Å²) in [7, 11) is 0.657. The van der Waals surface area contributed by atoms with Crippen molar-refractivity contribution in [2.75, 3.05) is 46.7 Å². The molecule has 2 fully saturated rings. The van der Waals surface area contributed by atoms with Gasteiger partial charge in [0.2, 0.25) is 6.54 Å². The zero-order valence-electron chi connectivity index (χ0n) is 12.9. The molecule has 0 aromatic rings. The number of hydrogen-bond donors (Lipinski definition) is 0. The van der Waals surface area contributed by atoms with Gasteiger partial charge in [0.15, 0.2) is 8.38 Å². The van der Waals surface area contributed by atoms with Crippen molar-refractivity contribution in [1.82, 2.24) is 0 Å². The van der Waals surface area contributed by atoms with Crippen molar-refractivity contribution in [1.29, 1.82) is 0 Å². The van der Waals surface area contributed by atoms with Crippen LogP contribution in [0.25, 0.3) is 4.85 Å². The van der Waals surface area contributed by atoms with Crippen molar-refractivity contribution in [2.45, 2.75) is 31.2 Å².